The predicted molar refractivity (Wildman–Crippen MR) is 293 cm³/mol. The van der Waals surface area contributed by atoms with E-state index >= 15 is 0 Å². The van der Waals surface area contributed by atoms with Crippen LogP contribution in [0.25, 0.3) is 42.6 Å². The third kappa shape index (κ3) is 8.45. The summed E-state index contributed by atoms with van der Waals surface area (Å²) in [6, 6.07) is 54.5. The number of thiophene rings is 1. The Bertz CT molecular complexity index is 3440. The molecule has 2 heterocycles. The topological polar surface area (TPSA) is 54.7 Å². The first-order valence-electron chi connectivity index (χ1n) is 23.8. The summed E-state index contributed by atoms with van der Waals surface area (Å²) in [6.07, 6.45) is 22.4. The van der Waals surface area contributed by atoms with Gasteiger partial charge in [0.15, 0.2) is 23.0 Å². The lowest BCUT2D eigenvalue weighted by Crippen LogP contribution is -2.36. The van der Waals surface area contributed by atoms with Crippen molar-refractivity contribution in [3.05, 3.63) is 251 Å². The molecular weight excluding hydrogens is 861 g/mol. The standard InChI is InChI=1S/C47H36N2O2.C13H10S.C4H8/c1-49-41(31-15-5-2-6-16-31)30-40(48)33-18-13-17-32(29-33)36-24-14-26-42-45(36)51-46-43(50-42)28-27-39-44(46)37-23-11-12-25-38(37)47(39,34-19-7-3-8-20-34)35-21-9-4-10-22-35;1-9-6-7-11-10-4-2-3-5-12(10)14-13(11)8-9;1-3-4-2/h2-10,12-21,24-30,35,48H,1,11,22-23H2;2-8H,1H3;3-4H,1-2H3/b41-30-,48-40?;;4-3-. The first-order chi connectivity index (χ1) is 33.9. The van der Waals surface area contributed by atoms with E-state index in [4.69, 9.17) is 14.9 Å². The molecular formula is C64H54N2O2S. The van der Waals surface area contributed by atoms with Gasteiger partial charge in [-0.3, -0.25) is 4.99 Å². The molecule has 2 atom stereocenters. The van der Waals surface area contributed by atoms with Gasteiger partial charge in [0.05, 0.1) is 16.8 Å². The smallest absolute Gasteiger partial charge is 0.177 e. The minimum Gasteiger partial charge on any atom is -0.449 e. The van der Waals surface area contributed by atoms with Crippen LogP contribution in [-0.4, -0.2) is 12.4 Å². The van der Waals surface area contributed by atoms with Crippen LogP contribution in [0, 0.1) is 18.3 Å². The van der Waals surface area contributed by atoms with Crippen molar-refractivity contribution in [2.75, 3.05) is 0 Å². The van der Waals surface area contributed by atoms with E-state index in [1.165, 1.54) is 48.0 Å². The number of nitrogens with zero attached hydrogens (tertiary/aromatic N) is 1. The second-order valence-electron chi connectivity index (χ2n) is 17.6. The molecule has 338 valence electrons. The summed E-state index contributed by atoms with van der Waals surface area (Å²) >= 11 is 1.88. The zero-order chi connectivity index (χ0) is 47.3. The largest absolute Gasteiger partial charge is 0.449 e. The van der Waals surface area contributed by atoms with Crippen LogP contribution in [0.1, 0.15) is 66.5 Å². The van der Waals surface area contributed by atoms with Crippen molar-refractivity contribution in [1.82, 2.24) is 0 Å². The van der Waals surface area contributed by atoms with Crippen molar-refractivity contribution >= 4 is 55.2 Å². The molecule has 7 aromatic carbocycles. The second-order valence-corrected chi connectivity index (χ2v) is 18.7. The highest BCUT2D eigenvalue weighted by Gasteiger charge is 2.51. The predicted octanol–water partition coefficient (Wildman–Crippen LogP) is 17.8. The SMILES string of the molecule is C/C=C\C.C=N/C(=C\C(=N)c1cccc(-c2cccc3c2Oc2c(ccc4c2C2=C(C=CCC2)C4(c2ccccc2)C2C=CC=CC2)O3)c1)c1ccccc1.Cc1ccc2c(c1)sc1ccccc12. The fourth-order valence-corrected chi connectivity index (χ4v) is 11.4. The van der Waals surface area contributed by atoms with Gasteiger partial charge in [-0.2, -0.15) is 0 Å². The highest BCUT2D eigenvalue weighted by atomic mass is 32.1. The highest BCUT2D eigenvalue weighted by molar-refractivity contribution is 7.25. The van der Waals surface area contributed by atoms with Gasteiger partial charge in [-0.1, -0.05) is 176 Å². The molecule has 12 rings (SSSR count). The fraction of sp³-hybridized carbons (Fsp3) is 0.125. The van der Waals surface area contributed by atoms with Gasteiger partial charge in [-0.05, 0) is 122 Å². The lowest BCUT2D eigenvalue weighted by atomic mass is 9.61. The zero-order valence-electron chi connectivity index (χ0n) is 39.3. The van der Waals surface area contributed by atoms with Crippen LogP contribution in [0.4, 0.5) is 0 Å². The van der Waals surface area contributed by atoms with Crippen LogP contribution >= 0.6 is 11.3 Å². The number of para-hydroxylation sites is 1. The van der Waals surface area contributed by atoms with Crippen LogP contribution in [-0.2, 0) is 5.41 Å². The van der Waals surface area contributed by atoms with Crippen molar-refractivity contribution in [3.8, 4) is 34.1 Å². The summed E-state index contributed by atoms with van der Waals surface area (Å²) in [4.78, 5) is 4.22. The molecule has 0 saturated carbocycles. The number of aryl methyl sites for hydroxylation is 1. The molecule has 69 heavy (non-hydrogen) atoms. The molecule has 5 heteroatoms. The van der Waals surface area contributed by atoms with Crippen molar-refractivity contribution < 1.29 is 9.47 Å². The second kappa shape index (κ2) is 19.8. The van der Waals surface area contributed by atoms with Crippen LogP contribution in [0.5, 0.6) is 23.0 Å². The molecule has 0 fully saturated rings. The monoisotopic (exact) mass is 914 g/mol. The lowest BCUT2D eigenvalue weighted by Gasteiger charge is -2.41. The van der Waals surface area contributed by atoms with Gasteiger partial charge in [0.25, 0.3) is 0 Å². The minimum absolute atomic E-state index is 0.245. The van der Waals surface area contributed by atoms with Crippen LogP contribution < -0.4 is 9.47 Å². The molecule has 0 bridgehead atoms. The quantitative estimate of drug-likeness (QED) is 0.128. The number of hydrogen-bond donors (Lipinski definition) is 1. The summed E-state index contributed by atoms with van der Waals surface area (Å²) in [5, 5.41) is 11.7. The molecule has 0 saturated heterocycles. The Kier molecular flexibility index (Phi) is 12.9. The summed E-state index contributed by atoms with van der Waals surface area (Å²) in [7, 11) is 0. The molecule has 0 spiro atoms. The van der Waals surface area contributed by atoms with Crippen LogP contribution in [0.15, 0.2) is 223 Å². The molecule has 1 aromatic heterocycles. The van der Waals surface area contributed by atoms with Crippen molar-refractivity contribution in [1.29, 1.82) is 5.41 Å². The Morgan fingerprint density at radius 2 is 1.45 bits per heavy atom. The average molecular weight is 915 g/mol. The molecule has 4 nitrogen and oxygen atoms in total. The zero-order valence-corrected chi connectivity index (χ0v) is 40.1. The molecule has 3 aliphatic carbocycles. The van der Waals surface area contributed by atoms with E-state index in [0.29, 0.717) is 22.9 Å². The van der Waals surface area contributed by atoms with Crippen molar-refractivity contribution in [2.24, 2.45) is 10.9 Å². The molecule has 0 radical (unpaired) electrons. The summed E-state index contributed by atoms with van der Waals surface area (Å²) in [5.41, 5.74) is 11.9. The molecule has 0 amide bonds. The van der Waals surface area contributed by atoms with E-state index in [9.17, 15) is 0 Å². The van der Waals surface area contributed by atoms with Gasteiger partial charge in [-0.25, -0.2) is 0 Å². The van der Waals surface area contributed by atoms with Crippen LogP contribution in [0.3, 0.4) is 0 Å². The number of benzene rings is 7. The summed E-state index contributed by atoms with van der Waals surface area (Å²) < 4.78 is 16.6. The molecule has 2 unspecified atom stereocenters. The number of fused-ring (bicyclic) bond motifs is 8. The van der Waals surface area contributed by atoms with E-state index in [0.717, 1.165) is 58.6 Å². The Morgan fingerprint density at radius 1 is 0.710 bits per heavy atom. The number of aliphatic imine (C=N–C) groups is 1. The first-order valence-corrected chi connectivity index (χ1v) is 24.6. The normalized spacial score (nSPS) is 17.4. The number of ether oxygens (including phenoxy) is 2. The third-order valence-corrected chi connectivity index (χ3v) is 14.6. The van der Waals surface area contributed by atoms with Crippen molar-refractivity contribution in [3.63, 3.8) is 0 Å². The van der Waals surface area contributed by atoms with Gasteiger partial charge >= 0.3 is 0 Å². The number of rotatable bonds is 7. The van der Waals surface area contributed by atoms with E-state index in [1.54, 1.807) is 6.08 Å². The minimum atomic E-state index is -0.358. The maximum atomic E-state index is 8.98. The first kappa shape index (κ1) is 44.9. The van der Waals surface area contributed by atoms with Gasteiger partial charge < -0.3 is 14.9 Å². The molecule has 8 aromatic rings. The summed E-state index contributed by atoms with van der Waals surface area (Å²) in [5.74, 6) is 3.11. The lowest BCUT2D eigenvalue weighted by molar-refractivity contribution is 0.358. The van der Waals surface area contributed by atoms with E-state index in [1.807, 2.05) is 98.0 Å². The van der Waals surface area contributed by atoms with E-state index in [-0.39, 0.29) is 11.3 Å². The average Bonchev–Trinajstić information content (AvgIpc) is 3.94. The Labute approximate surface area is 409 Å². The Balaban J connectivity index is 0.000000256. The van der Waals surface area contributed by atoms with Gasteiger partial charge in [-0.15, -0.1) is 11.3 Å². The third-order valence-electron chi connectivity index (χ3n) is 13.5. The Hall–Kier alpha value is -7.86. The fourth-order valence-electron chi connectivity index (χ4n) is 10.2. The van der Waals surface area contributed by atoms with Crippen LogP contribution in [0.2, 0.25) is 0 Å². The molecule has 1 aliphatic heterocycles. The van der Waals surface area contributed by atoms with E-state index in [2.05, 4.69) is 152 Å². The highest BCUT2D eigenvalue weighted by Crippen LogP contribution is 2.63. The summed E-state index contributed by atoms with van der Waals surface area (Å²) in [6.45, 7) is 9.90. The van der Waals surface area contributed by atoms with Crippen molar-refractivity contribution in [2.45, 2.75) is 45.4 Å². The van der Waals surface area contributed by atoms with Gasteiger partial charge in [0, 0.05) is 42.4 Å². The van der Waals surface area contributed by atoms with Gasteiger partial charge in [0.1, 0.15) is 0 Å². The number of allylic oxidation sites excluding steroid dienone is 11. The Morgan fingerprint density at radius 3 is 2.23 bits per heavy atom. The molecule has 1 N–H and O–H groups in total. The van der Waals surface area contributed by atoms with E-state index < -0.39 is 0 Å². The maximum absolute atomic E-state index is 8.98. The van der Waals surface area contributed by atoms with Gasteiger partial charge in [0.2, 0.25) is 0 Å². The number of hydrogen-bond acceptors (Lipinski definition) is 5. The maximum Gasteiger partial charge on any atom is 0.177 e. The number of nitrogens with one attached hydrogen (secondary N) is 1. The molecule has 4 aliphatic rings.